The van der Waals surface area contributed by atoms with Gasteiger partial charge in [0.25, 0.3) is 0 Å². The fourth-order valence-corrected chi connectivity index (χ4v) is 10.9. The van der Waals surface area contributed by atoms with Crippen LogP contribution in [-0.2, 0) is 14.3 Å². The van der Waals surface area contributed by atoms with E-state index in [1.54, 1.807) is 0 Å². The second-order valence-corrected chi connectivity index (χ2v) is 23.9. The summed E-state index contributed by atoms with van der Waals surface area (Å²) in [4.78, 5) is 24.6. The number of esters is 1. The molecule has 0 rings (SSSR count). The molecule has 0 radical (unpaired) electrons. The number of hydrogen-bond acceptors (Lipinski definition) is 5. The van der Waals surface area contributed by atoms with Crippen LogP contribution in [-0.4, -0.2) is 47.4 Å². The van der Waals surface area contributed by atoms with Crippen LogP contribution in [0.5, 0.6) is 0 Å². The lowest BCUT2D eigenvalue weighted by Gasteiger charge is -2.22. The smallest absolute Gasteiger partial charge is 0.305 e. The second-order valence-electron chi connectivity index (χ2n) is 23.9. The van der Waals surface area contributed by atoms with Crippen molar-refractivity contribution in [1.82, 2.24) is 5.32 Å². The van der Waals surface area contributed by atoms with Crippen molar-refractivity contribution >= 4 is 11.9 Å². The molecule has 0 aliphatic carbocycles. The van der Waals surface area contributed by atoms with Gasteiger partial charge in [-0.3, -0.25) is 9.59 Å². The number of ether oxygens (including phenoxy) is 1. The van der Waals surface area contributed by atoms with Gasteiger partial charge < -0.3 is 20.3 Å². The molecule has 6 nitrogen and oxygen atoms in total. The molecule has 0 aromatic carbocycles. The van der Waals surface area contributed by atoms with E-state index in [9.17, 15) is 19.8 Å². The number of allylic oxidation sites excluding steroid dienone is 4. The quantitative estimate of drug-likeness (QED) is 0.0320. The number of aliphatic hydroxyl groups excluding tert-OH is 2. The normalized spacial score (nSPS) is 12.6. The Balaban J connectivity index is 3.36. The first-order chi connectivity index (χ1) is 37.5. The molecule has 76 heavy (non-hydrogen) atoms. The lowest BCUT2D eigenvalue weighted by Crippen LogP contribution is -2.45. The summed E-state index contributed by atoms with van der Waals surface area (Å²) in [5, 5.41) is 23.3. The van der Waals surface area contributed by atoms with Crippen LogP contribution in [0.25, 0.3) is 0 Å². The van der Waals surface area contributed by atoms with E-state index in [1.807, 2.05) is 0 Å². The molecular weight excluding hydrogens is 935 g/mol. The third-order valence-electron chi connectivity index (χ3n) is 16.2. The maximum absolute atomic E-state index is 12.5. The molecule has 2 unspecified atom stereocenters. The third-order valence-corrected chi connectivity index (χ3v) is 16.2. The lowest BCUT2D eigenvalue weighted by atomic mass is 10.0. The Bertz CT molecular complexity index is 1190. The topological polar surface area (TPSA) is 95.9 Å². The second kappa shape index (κ2) is 65.9. The number of hydrogen-bond donors (Lipinski definition) is 3. The first-order valence-electron chi connectivity index (χ1n) is 34.6. The zero-order valence-corrected chi connectivity index (χ0v) is 51.5. The first-order valence-corrected chi connectivity index (χ1v) is 34.6. The average molecular weight is 1070 g/mol. The number of unbranched alkanes of at least 4 members (excludes halogenated alkanes) is 50. The Hall–Kier alpha value is -1.66. The highest BCUT2D eigenvalue weighted by Gasteiger charge is 2.20. The van der Waals surface area contributed by atoms with Crippen LogP contribution in [0.4, 0.5) is 0 Å². The van der Waals surface area contributed by atoms with Crippen molar-refractivity contribution in [2.24, 2.45) is 0 Å². The van der Waals surface area contributed by atoms with Gasteiger partial charge in [0, 0.05) is 12.8 Å². The van der Waals surface area contributed by atoms with Gasteiger partial charge in [-0.15, -0.1) is 0 Å². The highest BCUT2D eigenvalue weighted by atomic mass is 16.5. The number of rotatable bonds is 65. The molecule has 0 aliphatic rings. The molecule has 0 heterocycles. The van der Waals surface area contributed by atoms with Gasteiger partial charge in [-0.25, -0.2) is 0 Å². The Kier molecular flexibility index (Phi) is 64.4. The molecule has 6 heteroatoms. The van der Waals surface area contributed by atoms with Crippen molar-refractivity contribution in [3.63, 3.8) is 0 Å². The van der Waals surface area contributed by atoms with Crippen molar-refractivity contribution in [3.05, 3.63) is 24.3 Å². The Morgan fingerprint density at radius 1 is 0.355 bits per heavy atom. The molecule has 0 aromatic rings. The number of amides is 1. The molecule has 1 amide bonds. The fourth-order valence-electron chi connectivity index (χ4n) is 10.9. The van der Waals surface area contributed by atoms with Gasteiger partial charge in [-0.1, -0.05) is 321 Å². The van der Waals surface area contributed by atoms with Gasteiger partial charge in [-0.05, 0) is 77.0 Å². The highest BCUT2D eigenvalue weighted by molar-refractivity contribution is 5.76. The van der Waals surface area contributed by atoms with E-state index >= 15 is 0 Å². The molecule has 3 N–H and O–H groups in total. The fraction of sp³-hybridized carbons (Fsp3) is 0.914. The monoisotopic (exact) mass is 1070 g/mol. The van der Waals surface area contributed by atoms with E-state index in [4.69, 9.17) is 4.74 Å². The van der Waals surface area contributed by atoms with E-state index in [1.165, 1.54) is 308 Å². The molecule has 0 aliphatic heterocycles. The van der Waals surface area contributed by atoms with Crippen LogP contribution in [0.2, 0.25) is 0 Å². The molecule has 0 fully saturated rings. The zero-order valence-electron chi connectivity index (χ0n) is 51.5. The van der Waals surface area contributed by atoms with Crippen molar-refractivity contribution < 1.29 is 24.5 Å². The van der Waals surface area contributed by atoms with Crippen molar-refractivity contribution in [3.8, 4) is 0 Å². The third kappa shape index (κ3) is 61.6. The van der Waals surface area contributed by atoms with E-state index in [-0.39, 0.29) is 18.5 Å². The van der Waals surface area contributed by atoms with E-state index in [0.717, 1.165) is 44.9 Å². The van der Waals surface area contributed by atoms with Gasteiger partial charge >= 0.3 is 5.97 Å². The maximum Gasteiger partial charge on any atom is 0.305 e. The zero-order chi connectivity index (χ0) is 55.0. The van der Waals surface area contributed by atoms with Crippen molar-refractivity contribution in [1.29, 1.82) is 0 Å². The van der Waals surface area contributed by atoms with E-state index < -0.39 is 12.1 Å². The SMILES string of the molecule is CCCCCCCCC/C=C\CCCCCCCC(=O)OCCCCCCCCCCCCCC/C=C\CCCCCCCCCCCCCCC(=O)NC(CO)C(O)CCCCCCCCCCCCCCCCC. The summed E-state index contributed by atoms with van der Waals surface area (Å²) in [5.41, 5.74) is 0. The molecule has 2 atom stereocenters. The number of aliphatic hydroxyl groups is 2. The summed E-state index contributed by atoms with van der Waals surface area (Å²) in [7, 11) is 0. The van der Waals surface area contributed by atoms with Crippen molar-refractivity contribution in [2.75, 3.05) is 13.2 Å². The summed E-state index contributed by atoms with van der Waals surface area (Å²) >= 11 is 0. The number of carbonyl (C=O) groups excluding carboxylic acids is 2. The van der Waals surface area contributed by atoms with Gasteiger partial charge in [0.2, 0.25) is 5.91 Å². The van der Waals surface area contributed by atoms with Crippen LogP contribution in [0.15, 0.2) is 24.3 Å². The summed E-state index contributed by atoms with van der Waals surface area (Å²) in [6.07, 6.45) is 82.2. The van der Waals surface area contributed by atoms with Gasteiger partial charge in [0.05, 0.1) is 25.4 Å². The standard InChI is InChI=1S/C70H135NO5/c1-3-5-7-9-11-13-15-17-19-36-40-44-48-52-56-60-64-70(75)76-65-61-57-53-49-45-41-37-33-31-29-27-25-23-21-20-22-24-26-28-30-32-35-39-43-47-51-55-59-63-69(74)71-67(66-72)68(73)62-58-54-50-46-42-38-34-18-16-14-12-10-8-6-4-2/h19-21,36,67-68,72-73H,3-18,22-35,37-66H2,1-2H3,(H,71,74)/b21-20-,36-19-. The number of carbonyl (C=O) groups is 2. The Labute approximate surface area is 475 Å². The van der Waals surface area contributed by atoms with E-state index in [2.05, 4.69) is 43.5 Å². The largest absolute Gasteiger partial charge is 0.466 e. The first kappa shape index (κ1) is 74.3. The summed E-state index contributed by atoms with van der Waals surface area (Å²) in [5.74, 6) is -0.0232. The van der Waals surface area contributed by atoms with Gasteiger partial charge in [-0.2, -0.15) is 0 Å². The minimum atomic E-state index is -0.664. The molecule has 0 spiro atoms. The van der Waals surface area contributed by atoms with Crippen LogP contribution in [0.3, 0.4) is 0 Å². The van der Waals surface area contributed by atoms with Crippen molar-refractivity contribution in [2.45, 2.75) is 398 Å². The van der Waals surface area contributed by atoms with E-state index in [0.29, 0.717) is 25.9 Å². The summed E-state index contributed by atoms with van der Waals surface area (Å²) in [6, 6.07) is -0.541. The van der Waals surface area contributed by atoms with Crippen LogP contribution in [0, 0.1) is 0 Å². The Morgan fingerprint density at radius 2 is 0.618 bits per heavy atom. The summed E-state index contributed by atoms with van der Waals surface area (Å²) < 4.78 is 5.49. The molecule has 450 valence electrons. The van der Waals surface area contributed by atoms with Crippen LogP contribution < -0.4 is 5.32 Å². The van der Waals surface area contributed by atoms with Gasteiger partial charge in [0.1, 0.15) is 0 Å². The maximum atomic E-state index is 12.5. The molecule has 0 aromatic heterocycles. The predicted octanol–water partition coefficient (Wildman–Crippen LogP) is 22.1. The predicted molar refractivity (Wildman–Crippen MR) is 333 cm³/mol. The van der Waals surface area contributed by atoms with Crippen LogP contribution >= 0.6 is 0 Å². The average Bonchev–Trinajstić information content (AvgIpc) is 3.42. The summed E-state index contributed by atoms with van der Waals surface area (Å²) in [6.45, 7) is 4.98. The molecule has 0 saturated heterocycles. The molecular formula is C70H135NO5. The molecule has 0 bridgehead atoms. The molecule has 0 saturated carbocycles. The minimum Gasteiger partial charge on any atom is -0.466 e. The van der Waals surface area contributed by atoms with Crippen LogP contribution in [0.1, 0.15) is 386 Å². The Morgan fingerprint density at radius 3 is 0.934 bits per heavy atom. The van der Waals surface area contributed by atoms with Gasteiger partial charge in [0.15, 0.2) is 0 Å². The highest BCUT2D eigenvalue weighted by Crippen LogP contribution is 2.18. The minimum absolute atomic E-state index is 0.00907. The number of nitrogens with one attached hydrogen (secondary N) is 1. The lowest BCUT2D eigenvalue weighted by molar-refractivity contribution is -0.143.